The number of halogens is 1. The first-order valence-electron chi connectivity index (χ1n) is 6.97. The van der Waals surface area contributed by atoms with Gasteiger partial charge in [-0.15, -0.1) is 0 Å². The zero-order chi connectivity index (χ0) is 15.4. The molecule has 1 amide bonds. The van der Waals surface area contributed by atoms with E-state index >= 15 is 0 Å². The summed E-state index contributed by atoms with van der Waals surface area (Å²) in [5.41, 5.74) is 0.956. The number of nitrogens with zero attached hydrogens (tertiary/aromatic N) is 1. The number of anilines is 1. The lowest BCUT2D eigenvalue weighted by Crippen LogP contribution is -2.33. The molecular weight excluding hydrogens is 294 g/mol. The molecule has 1 aromatic rings. The van der Waals surface area contributed by atoms with Crippen molar-refractivity contribution in [2.45, 2.75) is 26.6 Å². The van der Waals surface area contributed by atoms with Gasteiger partial charge in [0, 0.05) is 31.2 Å². The number of ether oxygens (including phenoxy) is 2. The summed E-state index contributed by atoms with van der Waals surface area (Å²) in [6.07, 6.45) is 0.110. The molecule has 0 radical (unpaired) electrons. The molecular formula is C15H18ClNO4. The summed E-state index contributed by atoms with van der Waals surface area (Å²) in [6.45, 7) is 5.17. The lowest BCUT2D eigenvalue weighted by atomic mass is 10.1. The molecule has 0 atom stereocenters. The maximum absolute atomic E-state index is 12.1. The third-order valence-corrected chi connectivity index (χ3v) is 3.46. The molecule has 1 aliphatic heterocycles. The van der Waals surface area contributed by atoms with Crippen LogP contribution in [0.5, 0.6) is 0 Å². The average Bonchev–Trinajstić information content (AvgIpc) is 2.69. The molecule has 1 heterocycles. The van der Waals surface area contributed by atoms with Gasteiger partial charge >= 0.3 is 0 Å². The minimum absolute atomic E-state index is 0.350. The van der Waals surface area contributed by atoms with Crippen LogP contribution >= 0.6 is 11.6 Å². The predicted octanol–water partition coefficient (Wildman–Crippen LogP) is 2.66. The molecule has 0 aromatic heterocycles. The summed E-state index contributed by atoms with van der Waals surface area (Å²) in [7, 11) is 0. The Morgan fingerprint density at radius 3 is 2.48 bits per heavy atom. The highest BCUT2D eigenvalue weighted by Gasteiger charge is 2.35. The Kier molecular flexibility index (Phi) is 5.33. The molecule has 0 unspecified atom stereocenters. The molecule has 0 spiro atoms. The van der Waals surface area contributed by atoms with Gasteiger partial charge in [-0.05, 0) is 32.0 Å². The maximum atomic E-state index is 12.1. The Labute approximate surface area is 128 Å². The van der Waals surface area contributed by atoms with Crippen molar-refractivity contribution < 1.29 is 19.1 Å². The highest BCUT2D eigenvalue weighted by Crippen LogP contribution is 2.31. The minimum atomic E-state index is -0.529. The summed E-state index contributed by atoms with van der Waals surface area (Å²) >= 11 is 5.95. The highest BCUT2D eigenvalue weighted by atomic mass is 35.5. The zero-order valence-electron chi connectivity index (χ0n) is 12.1. The molecule has 6 heteroatoms. The fraction of sp³-hybridized carbons (Fsp3) is 0.467. The van der Waals surface area contributed by atoms with E-state index in [1.165, 1.54) is 4.90 Å². The molecule has 0 saturated heterocycles. The number of benzene rings is 1. The van der Waals surface area contributed by atoms with Crippen molar-refractivity contribution in [3.05, 3.63) is 28.8 Å². The van der Waals surface area contributed by atoms with E-state index in [2.05, 4.69) is 0 Å². The van der Waals surface area contributed by atoms with Crippen LogP contribution < -0.4 is 4.90 Å². The molecule has 21 heavy (non-hydrogen) atoms. The largest absolute Gasteiger partial charge is 0.353 e. The average molecular weight is 312 g/mol. The van der Waals surface area contributed by atoms with Gasteiger partial charge in [0.15, 0.2) is 6.29 Å². The standard InChI is InChI=1S/C15H18ClNO4/c1-3-20-13(21-4-2)7-8-17-12-9-10(16)5-6-11(12)14(18)15(17)19/h5-6,9,13H,3-4,7-8H2,1-2H3. The number of amides is 1. The van der Waals surface area contributed by atoms with Crippen LogP contribution in [-0.4, -0.2) is 37.7 Å². The van der Waals surface area contributed by atoms with Crippen molar-refractivity contribution in [2.24, 2.45) is 0 Å². The lowest BCUT2D eigenvalue weighted by molar-refractivity contribution is -0.138. The van der Waals surface area contributed by atoms with E-state index in [0.717, 1.165) is 0 Å². The third kappa shape index (κ3) is 3.43. The van der Waals surface area contributed by atoms with Crippen molar-refractivity contribution in [3.63, 3.8) is 0 Å². The molecule has 1 aliphatic rings. The molecule has 0 saturated carbocycles. The van der Waals surface area contributed by atoms with Crippen LogP contribution in [0.4, 0.5) is 5.69 Å². The Bertz CT molecular complexity index is 540. The van der Waals surface area contributed by atoms with Gasteiger partial charge < -0.3 is 14.4 Å². The topological polar surface area (TPSA) is 55.8 Å². The fourth-order valence-electron chi connectivity index (χ4n) is 2.31. The summed E-state index contributed by atoms with van der Waals surface area (Å²) in [6, 6.07) is 4.83. The number of carbonyl (C=O) groups is 2. The first-order chi connectivity index (χ1) is 10.1. The molecule has 1 aromatic carbocycles. The maximum Gasteiger partial charge on any atom is 0.299 e. The van der Waals surface area contributed by atoms with E-state index < -0.39 is 11.7 Å². The van der Waals surface area contributed by atoms with Crippen molar-refractivity contribution in [2.75, 3.05) is 24.7 Å². The van der Waals surface area contributed by atoms with Gasteiger partial charge in [0.05, 0.1) is 11.3 Å². The van der Waals surface area contributed by atoms with Gasteiger partial charge in [-0.2, -0.15) is 0 Å². The monoisotopic (exact) mass is 311 g/mol. The molecule has 0 fully saturated rings. The SMILES string of the molecule is CCOC(CCN1C(=O)C(=O)c2ccc(Cl)cc21)OCC. The van der Waals surface area contributed by atoms with Crippen LogP contribution in [0, 0.1) is 0 Å². The van der Waals surface area contributed by atoms with E-state index in [-0.39, 0.29) is 6.29 Å². The van der Waals surface area contributed by atoms with Gasteiger partial charge in [-0.1, -0.05) is 11.6 Å². The van der Waals surface area contributed by atoms with E-state index in [0.29, 0.717) is 42.5 Å². The number of ketones is 1. The van der Waals surface area contributed by atoms with E-state index in [9.17, 15) is 9.59 Å². The highest BCUT2D eigenvalue weighted by molar-refractivity contribution is 6.52. The Hall–Kier alpha value is -1.43. The molecule has 0 N–H and O–H groups in total. The first-order valence-corrected chi connectivity index (χ1v) is 7.35. The van der Waals surface area contributed by atoms with Gasteiger partial charge in [0.25, 0.3) is 11.7 Å². The zero-order valence-corrected chi connectivity index (χ0v) is 12.9. The number of fused-ring (bicyclic) bond motifs is 1. The van der Waals surface area contributed by atoms with Crippen LogP contribution in [0.15, 0.2) is 18.2 Å². The first kappa shape index (κ1) is 15.9. The molecule has 114 valence electrons. The van der Waals surface area contributed by atoms with Crippen molar-refractivity contribution in [1.29, 1.82) is 0 Å². The molecule has 0 bridgehead atoms. The summed E-state index contributed by atoms with van der Waals surface area (Å²) in [5, 5.41) is 0.493. The van der Waals surface area contributed by atoms with E-state index in [1.54, 1.807) is 18.2 Å². The van der Waals surface area contributed by atoms with Crippen LogP contribution in [0.3, 0.4) is 0 Å². The van der Waals surface area contributed by atoms with Crippen LogP contribution in [0.1, 0.15) is 30.6 Å². The van der Waals surface area contributed by atoms with Crippen molar-refractivity contribution in [3.8, 4) is 0 Å². The summed E-state index contributed by atoms with van der Waals surface area (Å²) < 4.78 is 10.9. The van der Waals surface area contributed by atoms with E-state index in [4.69, 9.17) is 21.1 Å². The Morgan fingerprint density at radius 2 is 1.86 bits per heavy atom. The van der Waals surface area contributed by atoms with Crippen LogP contribution in [0.25, 0.3) is 0 Å². The van der Waals surface area contributed by atoms with Gasteiger partial charge in [0.2, 0.25) is 0 Å². The Balaban J connectivity index is 2.12. The second-order valence-corrected chi connectivity index (χ2v) is 5.01. The second kappa shape index (κ2) is 7.02. The van der Waals surface area contributed by atoms with E-state index in [1.807, 2.05) is 13.8 Å². The summed E-state index contributed by atoms with van der Waals surface area (Å²) in [4.78, 5) is 25.4. The summed E-state index contributed by atoms with van der Waals surface area (Å²) in [5.74, 6) is -1.02. The Morgan fingerprint density at radius 1 is 1.19 bits per heavy atom. The van der Waals surface area contributed by atoms with Crippen LogP contribution in [0.2, 0.25) is 5.02 Å². The van der Waals surface area contributed by atoms with Gasteiger partial charge in [-0.3, -0.25) is 9.59 Å². The number of hydrogen-bond donors (Lipinski definition) is 0. The molecule has 0 aliphatic carbocycles. The number of rotatable bonds is 7. The van der Waals surface area contributed by atoms with Crippen molar-refractivity contribution in [1.82, 2.24) is 0 Å². The molecule has 2 rings (SSSR count). The van der Waals surface area contributed by atoms with Gasteiger partial charge in [-0.25, -0.2) is 0 Å². The number of carbonyl (C=O) groups excluding carboxylic acids is 2. The normalized spacial score (nSPS) is 14.2. The van der Waals surface area contributed by atoms with Gasteiger partial charge in [0.1, 0.15) is 0 Å². The third-order valence-electron chi connectivity index (χ3n) is 3.23. The predicted molar refractivity (Wildman–Crippen MR) is 79.8 cm³/mol. The fourth-order valence-corrected chi connectivity index (χ4v) is 2.48. The second-order valence-electron chi connectivity index (χ2n) is 4.58. The number of Topliss-reactive ketones (excluding diaryl/α,β-unsaturated/α-hetero) is 1. The lowest BCUT2D eigenvalue weighted by Gasteiger charge is -2.21. The smallest absolute Gasteiger partial charge is 0.299 e. The molecule has 5 nitrogen and oxygen atoms in total. The van der Waals surface area contributed by atoms with Crippen molar-refractivity contribution >= 4 is 29.0 Å². The minimum Gasteiger partial charge on any atom is -0.353 e. The van der Waals surface area contributed by atoms with Crippen LogP contribution in [-0.2, 0) is 14.3 Å². The number of hydrogen-bond acceptors (Lipinski definition) is 4. The quantitative estimate of drug-likeness (QED) is 0.574.